The van der Waals surface area contributed by atoms with Crippen LogP contribution in [0.15, 0.2) is 18.2 Å². The van der Waals surface area contributed by atoms with Crippen molar-refractivity contribution in [2.24, 2.45) is 5.73 Å². The molecule has 0 aliphatic heterocycles. The average Bonchev–Trinajstić information content (AvgIpc) is 2.36. The predicted molar refractivity (Wildman–Crippen MR) is 74.1 cm³/mol. The van der Waals surface area contributed by atoms with Crippen LogP contribution in [0.2, 0.25) is 0 Å². The Kier molecular flexibility index (Phi) is 5.92. The quantitative estimate of drug-likeness (QED) is 0.730. The number of para-hydroxylation sites is 1. The Balaban J connectivity index is 2.48. The molecule has 0 unspecified atom stereocenters. The van der Waals surface area contributed by atoms with E-state index in [-0.39, 0.29) is 5.54 Å². The molecule has 0 heterocycles. The molecule has 0 aromatic heterocycles. The van der Waals surface area contributed by atoms with Gasteiger partial charge < -0.3 is 24.7 Å². The maximum atomic E-state index is 5.81. The van der Waals surface area contributed by atoms with Gasteiger partial charge in [0.05, 0.1) is 27.4 Å². The van der Waals surface area contributed by atoms with Crippen LogP contribution in [-0.4, -0.2) is 39.6 Å². The van der Waals surface area contributed by atoms with Gasteiger partial charge in [0.15, 0.2) is 11.5 Å². The molecule has 2 N–H and O–H groups in total. The van der Waals surface area contributed by atoms with Crippen molar-refractivity contribution in [2.45, 2.75) is 19.4 Å². The van der Waals surface area contributed by atoms with Crippen molar-refractivity contribution in [3.05, 3.63) is 18.2 Å². The van der Waals surface area contributed by atoms with Crippen molar-refractivity contribution in [2.75, 3.05) is 34.0 Å². The van der Waals surface area contributed by atoms with Crippen LogP contribution in [0.1, 0.15) is 13.8 Å². The third kappa shape index (κ3) is 5.36. The summed E-state index contributed by atoms with van der Waals surface area (Å²) < 4.78 is 21.6. The van der Waals surface area contributed by atoms with Gasteiger partial charge in [-0.05, 0) is 26.0 Å². The van der Waals surface area contributed by atoms with Crippen molar-refractivity contribution >= 4 is 0 Å². The molecular formula is C14H23NO4. The fourth-order valence-corrected chi connectivity index (χ4v) is 1.50. The van der Waals surface area contributed by atoms with Crippen LogP contribution < -0.4 is 19.9 Å². The predicted octanol–water partition coefficient (Wildman–Crippen LogP) is 1.84. The van der Waals surface area contributed by atoms with Gasteiger partial charge in [-0.2, -0.15) is 0 Å². The van der Waals surface area contributed by atoms with E-state index in [4.69, 9.17) is 24.7 Å². The monoisotopic (exact) mass is 269 g/mol. The molecule has 0 aliphatic rings. The molecule has 19 heavy (non-hydrogen) atoms. The Hall–Kier alpha value is -1.46. The molecule has 1 aromatic rings. The van der Waals surface area contributed by atoms with Gasteiger partial charge >= 0.3 is 0 Å². The van der Waals surface area contributed by atoms with Crippen LogP contribution in [0, 0.1) is 0 Å². The van der Waals surface area contributed by atoms with Crippen LogP contribution in [0.4, 0.5) is 0 Å². The number of methoxy groups -OCH3 is 2. The van der Waals surface area contributed by atoms with Crippen LogP contribution in [-0.2, 0) is 4.74 Å². The molecule has 0 aliphatic carbocycles. The largest absolute Gasteiger partial charge is 0.493 e. The van der Waals surface area contributed by atoms with Crippen molar-refractivity contribution in [1.82, 2.24) is 0 Å². The van der Waals surface area contributed by atoms with Crippen LogP contribution >= 0.6 is 0 Å². The van der Waals surface area contributed by atoms with E-state index in [1.807, 2.05) is 32.0 Å². The Morgan fingerprint density at radius 1 is 1.05 bits per heavy atom. The summed E-state index contributed by atoms with van der Waals surface area (Å²) >= 11 is 0. The highest BCUT2D eigenvalue weighted by Gasteiger charge is 2.12. The van der Waals surface area contributed by atoms with Gasteiger partial charge in [0.2, 0.25) is 5.75 Å². The first-order valence-corrected chi connectivity index (χ1v) is 6.18. The average molecular weight is 269 g/mol. The first kappa shape index (κ1) is 15.6. The second kappa shape index (κ2) is 7.21. The minimum atomic E-state index is -0.331. The molecule has 5 heteroatoms. The smallest absolute Gasteiger partial charge is 0.203 e. The molecule has 0 saturated carbocycles. The topological polar surface area (TPSA) is 62.9 Å². The summed E-state index contributed by atoms with van der Waals surface area (Å²) in [7, 11) is 3.18. The Morgan fingerprint density at radius 2 is 1.63 bits per heavy atom. The summed E-state index contributed by atoms with van der Waals surface area (Å²) in [5.74, 6) is 1.86. The molecule has 0 bridgehead atoms. The standard InChI is InChI=1S/C14H23NO4/c1-14(2,15)10-18-8-9-19-13-11(16-3)6-5-7-12(13)17-4/h5-7H,8-10,15H2,1-4H3. The first-order chi connectivity index (χ1) is 8.98. The fraction of sp³-hybridized carbons (Fsp3) is 0.571. The van der Waals surface area contributed by atoms with Gasteiger partial charge in [-0.1, -0.05) is 6.07 Å². The SMILES string of the molecule is COc1cccc(OC)c1OCCOCC(C)(C)N. The van der Waals surface area contributed by atoms with Crippen molar-refractivity contribution < 1.29 is 18.9 Å². The first-order valence-electron chi connectivity index (χ1n) is 6.18. The Labute approximate surface area is 114 Å². The lowest BCUT2D eigenvalue weighted by Gasteiger charge is -2.18. The lowest BCUT2D eigenvalue weighted by atomic mass is 10.1. The molecule has 0 spiro atoms. The zero-order valence-electron chi connectivity index (χ0n) is 12.1. The Bertz CT molecular complexity index is 365. The molecule has 0 atom stereocenters. The normalized spacial score (nSPS) is 11.2. The van der Waals surface area contributed by atoms with Crippen molar-refractivity contribution in [3.8, 4) is 17.2 Å². The van der Waals surface area contributed by atoms with Crippen molar-refractivity contribution in [1.29, 1.82) is 0 Å². The van der Waals surface area contributed by atoms with Crippen LogP contribution in [0.25, 0.3) is 0 Å². The van der Waals surface area contributed by atoms with Crippen LogP contribution in [0.5, 0.6) is 17.2 Å². The zero-order valence-corrected chi connectivity index (χ0v) is 12.1. The molecule has 0 fully saturated rings. The number of hydrogen-bond donors (Lipinski definition) is 1. The summed E-state index contributed by atoms with van der Waals surface area (Å²) in [4.78, 5) is 0. The maximum absolute atomic E-state index is 5.81. The fourth-order valence-electron chi connectivity index (χ4n) is 1.50. The van der Waals surface area contributed by atoms with Gasteiger partial charge in [-0.3, -0.25) is 0 Å². The maximum Gasteiger partial charge on any atom is 0.203 e. The molecule has 5 nitrogen and oxygen atoms in total. The summed E-state index contributed by atoms with van der Waals surface area (Å²) in [6, 6.07) is 5.49. The van der Waals surface area contributed by atoms with Gasteiger partial charge in [-0.15, -0.1) is 0 Å². The van der Waals surface area contributed by atoms with Gasteiger partial charge in [0, 0.05) is 5.54 Å². The molecule has 0 radical (unpaired) electrons. The second-order valence-corrected chi connectivity index (χ2v) is 4.88. The number of ether oxygens (including phenoxy) is 4. The highest BCUT2D eigenvalue weighted by molar-refractivity contribution is 5.51. The third-order valence-electron chi connectivity index (χ3n) is 2.33. The summed E-state index contributed by atoms with van der Waals surface area (Å²) in [6.45, 7) is 5.18. The van der Waals surface area contributed by atoms with Gasteiger partial charge in [0.25, 0.3) is 0 Å². The van der Waals surface area contributed by atoms with Gasteiger partial charge in [0.1, 0.15) is 6.61 Å². The highest BCUT2D eigenvalue weighted by atomic mass is 16.6. The number of benzene rings is 1. The van der Waals surface area contributed by atoms with E-state index >= 15 is 0 Å². The lowest BCUT2D eigenvalue weighted by Crippen LogP contribution is -2.37. The zero-order chi connectivity index (χ0) is 14.3. The van der Waals surface area contributed by atoms with Crippen molar-refractivity contribution in [3.63, 3.8) is 0 Å². The minimum absolute atomic E-state index is 0.331. The summed E-state index contributed by atoms with van der Waals surface area (Å²) in [5, 5.41) is 0. The second-order valence-electron chi connectivity index (χ2n) is 4.88. The molecule has 108 valence electrons. The lowest BCUT2D eigenvalue weighted by molar-refractivity contribution is 0.0710. The van der Waals surface area contributed by atoms with E-state index in [1.165, 1.54) is 0 Å². The third-order valence-corrected chi connectivity index (χ3v) is 2.33. The summed E-state index contributed by atoms with van der Waals surface area (Å²) in [5.41, 5.74) is 5.48. The van der Waals surface area contributed by atoms with E-state index in [1.54, 1.807) is 14.2 Å². The highest BCUT2D eigenvalue weighted by Crippen LogP contribution is 2.36. The number of nitrogens with two attached hydrogens (primary N) is 1. The Morgan fingerprint density at radius 3 is 2.11 bits per heavy atom. The van der Waals surface area contributed by atoms with E-state index < -0.39 is 0 Å². The summed E-state index contributed by atoms with van der Waals surface area (Å²) in [6.07, 6.45) is 0. The molecular weight excluding hydrogens is 246 g/mol. The molecule has 1 rings (SSSR count). The van der Waals surface area contributed by atoms with E-state index in [0.29, 0.717) is 37.1 Å². The molecule has 0 amide bonds. The number of rotatable bonds is 8. The van der Waals surface area contributed by atoms with E-state index in [9.17, 15) is 0 Å². The molecule has 1 aromatic carbocycles. The van der Waals surface area contributed by atoms with Gasteiger partial charge in [-0.25, -0.2) is 0 Å². The number of hydrogen-bond acceptors (Lipinski definition) is 5. The van der Waals surface area contributed by atoms with E-state index in [2.05, 4.69) is 0 Å². The minimum Gasteiger partial charge on any atom is -0.493 e. The van der Waals surface area contributed by atoms with E-state index in [0.717, 1.165) is 0 Å². The molecule has 0 saturated heterocycles. The van der Waals surface area contributed by atoms with Crippen LogP contribution in [0.3, 0.4) is 0 Å².